The van der Waals surface area contributed by atoms with E-state index < -0.39 is 34.2 Å². The van der Waals surface area contributed by atoms with Gasteiger partial charge < -0.3 is 5.73 Å². The lowest BCUT2D eigenvalue weighted by atomic mass is 9.93. The molecule has 1 unspecified atom stereocenters. The number of hydrogen-bond acceptors (Lipinski definition) is 1. The zero-order chi connectivity index (χ0) is 11.8. The van der Waals surface area contributed by atoms with E-state index in [2.05, 4.69) is 0 Å². The monoisotopic (exact) mass is 241 g/mol. The highest BCUT2D eigenvalue weighted by atomic mass is 35.5. The molecule has 1 aromatic carbocycles. The van der Waals surface area contributed by atoms with E-state index in [4.69, 9.17) is 17.3 Å². The van der Waals surface area contributed by atoms with Crippen molar-refractivity contribution in [1.29, 1.82) is 0 Å². The molecule has 2 N–H and O–H groups in total. The SMILES string of the molecule is CC(N)(c1c(F)ccc(F)c1Cl)C(F)F. The quantitative estimate of drug-likeness (QED) is 0.625. The van der Waals surface area contributed by atoms with E-state index in [1.54, 1.807) is 0 Å². The van der Waals surface area contributed by atoms with Gasteiger partial charge in [0.15, 0.2) is 0 Å². The first-order chi connectivity index (χ1) is 6.78. The minimum Gasteiger partial charge on any atom is -0.317 e. The number of rotatable bonds is 2. The van der Waals surface area contributed by atoms with Crippen LogP contribution in [0, 0.1) is 11.6 Å². The van der Waals surface area contributed by atoms with E-state index >= 15 is 0 Å². The van der Waals surface area contributed by atoms with Gasteiger partial charge in [0.25, 0.3) is 6.43 Å². The Hall–Kier alpha value is -0.810. The summed E-state index contributed by atoms with van der Waals surface area (Å²) in [5.41, 5.74) is 2.18. The molecule has 0 aromatic heterocycles. The Bertz CT molecular complexity index is 379. The van der Waals surface area contributed by atoms with Crippen molar-refractivity contribution in [2.75, 3.05) is 0 Å². The van der Waals surface area contributed by atoms with E-state index in [0.717, 1.165) is 13.0 Å². The molecule has 1 aromatic rings. The molecule has 0 aliphatic rings. The second-order valence-corrected chi connectivity index (χ2v) is 3.68. The zero-order valence-corrected chi connectivity index (χ0v) is 8.46. The first kappa shape index (κ1) is 12.3. The average molecular weight is 242 g/mol. The van der Waals surface area contributed by atoms with Crippen molar-refractivity contribution in [3.8, 4) is 0 Å². The summed E-state index contributed by atoms with van der Waals surface area (Å²) >= 11 is 5.40. The van der Waals surface area contributed by atoms with Gasteiger partial charge in [0.2, 0.25) is 0 Å². The Labute approximate surface area is 88.8 Å². The second kappa shape index (κ2) is 3.98. The summed E-state index contributed by atoms with van der Waals surface area (Å²) in [4.78, 5) is 0. The maximum Gasteiger partial charge on any atom is 0.260 e. The summed E-state index contributed by atoms with van der Waals surface area (Å²) in [5, 5.41) is -0.708. The minimum atomic E-state index is -3.05. The zero-order valence-electron chi connectivity index (χ0n) is 7.70. The summed E-state index contributed by atoms with van der Waals surface area (Å²) in [6, 6.07) is 1.47. The molecule has 6 heteroatoms. The Balaban J connectivity index is 3.42. The van der Waals surface area contributed by atoms with E-state index in [0.29, 0.717) is 6.07 Å². The summed E-state index contributed by atoms with van der Waals surface area (Å²) < 4.78 is 51.2. The lowest BCUT2D eigenvalue weighted by molar-refractivity contribution is 0.0603. The van der Waals surface area contributed by atoms with Crippen LogP contribution in [0.25, 0.3) is 0 Å². The standard InChI is InChI=1S/C9H8ClF4N/c1-9(15,8(13)14)6-4(11)2-3-5(12)7(6)10/h2-3,8H,15H2,1H3. The van der Waals surface area contributed by atoms with Crippen LogP contribution >= 0.6 is 11.6 Å². The molecule has 84 valence electrons. The number of halogens is 5. The molecular formula is C9H8ClF4N. The lowest BCUT2D eigenvalue weighted by Gasteiger charge is -2.25. The predicted octanol–water partition coefficient (Wildman–Crippen LogP) is 3.06. The van der Waals surface area contributed by atoms with Crippen LogP contribution in [0.1, 0.15) is 12.5 Å². The van der Waals surface area contributed by atoms with E-state index in [-0.39, 0.29) is 0 Å². The van der Waals surface area contributed by atoms with E-state index in [1.165, 1.54) is 0 Å². The molecule has 0 radical (unpaired) electrons. The van der Waals surface area contributed by atoms with Gasteiger partial charge in [-0.3, -0.25) is 0 Å². The third-order valence-corrected chi connectivity index (χ3v) is 2.41. The van der Waals surface area contributed by atoms with Crippen LogP contribution in [-0.4, -0.2) is 6.43 Å². The number of alkyl halides is 2. The maximum atomic E-state index is 13.2. The van der Waals surface area contributed by atoms with Crippen LogP contribution in [0.2, 0.25) is 5.02 Å². The average Bonchev–Trinajstić information content (AvgIpc) is 2.11. The van der Waals surface area contributed by atoms with Gasteiger partial charge in [0.1, 0.15) is 17.2 Å². The van der Waals surface area contributed by atoms with Crippen molar-refractivity contribution >= 4 is 11.6 Å². The van der Waals surface area contributed by atoms with Crippen molar-refractivity contribution in [2.24, 2.45) is 5.73 Å². The normalized spacial score (nSPS) is 15.5. The Morgan fingerprint density at radius 3 is 2.20 bits per heavy atom. The Morgan fingerprint density at radius 1 is 1.27 bits per heavy atom. The van der Waals surface area contributed by atoms with Crippen molar-refractivity contribution < 1.29 is 17.6 Å². The molecular weight excluding hydrogens is 234 g/mol. The van der Waals surface area contributed by atoms with E-state index in [9.17, 15) is 17.6 Å². The fourth-order valence-electron chi connectivity index (χ4n) is 1.13. The van der Waals surface area contributed by atoms with Crippen LogP contribution in [0.3, 0.4) is 0 Å². The maximum absolute atomic E-state index is 13.2. The molecule has 0 amide bonds. The van der Waals surface area contributed by atoms with Crippen LogP contribution < -0.4 is 5.73 Å². The van der Waals surface area contributed by atoms with Crippen LogP contribution in [-0.2, 0) is 5.54 Å². The van der Waals surface area contributed by atoms with Crippen molar-refractivity contribution in [2.45, 2.75) is 18.9 Å². The van der Waals surface area contributed by atoms with E-state index in [1.807, 2.05) is 0 Å². The predicted molar refractivity (Wildman–Crippen MR) is 48.9 cm³/mol. The molecule has 0 bridgehead atoms. The molecule has 15 heavy (non-hydrogen) atoms. The van der Waals surface area contributed by atoms with Crippen LogP contribution in [0.5, 0.6) is 0 Å². The van der Waals surface area contributed by atoms with Gasteiger partial charge in [-0.1, -0.05) is 11.6 Å². The molecule has 0 spiro atoms. The van der Waals surface area contributed by atoms with Crippen molar-refractivity contribution in [3.05, 3.63) is 34.4 Å². The summed E-state index contributed by atoms with van der Waals surface area (Å²) in [5.74, 6) is -2.03. The van der Waals surface area contributed by atoms with Crippen LogP contribution in [0.4, 0.5) is 17.6 Å². The van der Waals surface area contributed by atoms with Gasteiger partial charge in [-0.15, -0.1) is 0 Å². The molecule has 0 heterocycles. The molecule has 0 aliphatic heterocycles. The highest BCUT2D eigenvalue weighted by Crippen LogP contribution is 2.34. The van der Waals surface area contributed by atoms with Gasteiger partial charge in [-0.2, -0.15) is 0 Å². The number of benzene rings is 1. The Morgan fingerprint density at radius 2 is 1.73 bits per heavy atom. The van der Waals surface area contributed by atoms with Crippen molar-refractivity contribution in [1.82, 2.24) is 0 Å². The first-order valence-electron chi connectivity index (χ1n) is 3.99. The van der Waals surface area contributed by atoms with Crippen LogP contribution in [0.15, 0.2) is 12.1 Å². The largest absolute Gasteiger partial charge is 0.317 e. The Kier molecular flexibility index (Phi) is 3.25. The molecule has 1 nitrogen and oxygen atoms in total. The second-order valence-electron chi connectivity index (χ2n) is 3.30. The molecule has 0 fully saturated rings. The molecule has 1 atom stereocenters. The summed E-state index contributed by atoms with van der Waals surface area (Å²) in [7, 11) is 0. The van der Waals surface area contributed by atoms with Gasteiger partial charge in [-0.25, -0.2) is 17.6 Å². The third kappa shape index (κ3) is 2.08. The minimum absolute atomic E-state index is 0.708. The fourth-order valence-corrected chi connectivity index (χ4v) is 1.49. The lowest BCUT2D eigenvalue weighted by Crippen LogP contribution is -2.41. The molecule has 1 rings (SSSR count). The topological polar surface area (TPSA) is 26.0 Å². The molecule has 0 saturated heterocycles. The van der Waals surface area contributed by atoms with Crippen molar-refractivity contribution in [3.63, 3.8) is 0 Å². The number of nitrogens with two attached hydrogens (primary N) is 1. The smallest absolute Gasteiger partial charge is 0.260 e. The molecule has 0 aliphatic carbocycles. The highest BCUT2D eigenvalue weighted by Gasteiger charge is 2.37. The number of hydrogen-bond donors (Lipinski definition) is 1. The fraction of sp³-hybridized carbons (Fsp3) is 0.333. The van der Waals surface area contributed by atoms with Gasteiger partial charge in [0.05, 0.1) is 5.02 Å². The highest BCUT2D eigenvalue weighted by molar-refractivity contribution is 6.31. The summed E-state index contributed by atoms with van der Waals surface area (Å²) in [6.07, 6.45) is -3.05. The summed E-state index contributed by atoms with van der Waals surface area (Å²) in [6.45, 7) is 0.890. The van der Waals surface area contributed by atoms with Gasteiger partial charge in [-0.05, 0) is 19.1 Å². The molecule has 0 saturated carbocycles. The van der Waals surface area contributed by atoms with Gasteiger partial charge >= 0.3 is 0 Å². The third-order valence-electron chi connectivity index (χ3n) is 2.04. The van der Waals surface area contributed by atoms with Gasteiger partial charge in [0, 0.05) is 5.56 Å². The first-order valence-corrected chi connectivity index (χ1v) is 4.37.